The molecule has 0 bridgehead atoms. The van der Waals surface area contributed by atoms with E-state index in [4.69, 9.17) is 10.3 Å². The second-order valence-electron chi connectivity index (χ2n) is 4.94. The van der Waals surface area contributed by atoms with Gasteiger partial charge < -0.3 is 14.8 Å². The lowest BCUT2D eigenvalue weighted by Gasteiger charge is -2.09. The highest BCUT2D eigenvalue weighted by Crippen LogP contribution is 2.24. The summed E-state index contributed by atoms with van der Waals surface area (Å²) in [7, 11) is 0. The summed E-state index contributed by atoms with van der Waals surface area (Å²) in [5, 5.41) is 3.74. The molecule has 0 aliphatic heterocycles. The molecule has 5 nitrogen and oxygen atoms in total. The van der Waals surface area contributed by atoms with Gasteiger partial charge in [0, 0.05) is 17.7 Å². The normalized spacial score (nSPS) is 11.5. The number of nitrogens with two attached hydrogens (primary N) is 1. The van der Waals surface area contributed by atoms with E-state index >= 15 is 0 Å². The number of nitrogens with zero attached hydrogens (tertiary/aromatic N) is 3. The van der Waals surface area contributed by atoms with Gasteiger partial charge in [0.05, 0.1) is 23.8 Å². The van der Waals surface area contributed by atoms with Gasteiger partial charge in [-0.1, -0.05) is 19.0 Å². The summed E-state index contributed by atoms with van der Waals surface area (Å²) in [6.45, 7) is 4.89. The van der Waals surface area contributed by atoms with Crippen molar-refractivity contribution in [2.24, 2.45) is 0 Å². The average molecular weight is 256 g/mol. The molecule has 2 heterocycles. The first-order chi connectivity index (χ1) is 9.15. The van der Waals surface area contributed by atoms with Crippen LogP contribution in [0.15, 0.2) is 35.0 Å². The molecule has 3 rings (SSSR count). The van der Waals surface area contributed by atoms with Crippen LogP contribution in [-0.4, -0.2) is 14.7 Å². The van der Waals surface area contributed by atoms with Crippen molar-refractivity contribution >= 4 is 16.7 Å². The van der Waals surface area contributed by atoms with Crippen molar-refractivity contribution in [3.63, 3.8) is 0 Å². The van der Waals surface area contributed by atoms with Gasteiger partial charge in [-0.05, 0) is 18.2 Å². The molecule has 0 fully saturated rings. The van der Waals surface area contributed by atoms with Crippen LogP contribution in [0.5, 0.6) is 0 Å². The fourth-order valence-electron chi connectivity index (χ4n) is 2.25. The summed E-state index contributed by atoms with van der Waals surface area (Å²) in [4.78, 5) is 4.67. The second-order valence-corrected chi connectivity index (χ2v) is 4.94. The van der Waals surface area contributed by atoms with E-state index in [1.54, 1.807) is 6.20 Å². The molecular weight excluding hydrogens is 240 g/mol. The van der Waals surface area contributed by atoms with Gasteiger partial charge in [0.2, 0.25) is 0 Å². The summed E-state index contributed by atoms with van der Waals surface area (Å²) < 4.78 is 7.34. The van der Waals surface area contributed by atoms with Gasteiger partial charge >= 0.3 is 0 Å². The average Bonchev–Trinajstić information content (AvgIpc) is 2.97. The Morgan fingerprint density at radius 2 is 2.16 bits per heavy atom. The summed E-state index contributed by atoms with van der Waals surface area (Å²) >= 11 is 0. The smallest absolute Gasteiger partial charge is 0.156 e. The fourth-order valence-corrected chi connectivity index (χ4v) is 2.25. The van der Waals surface area contributed by atoms with Crippen molar-refractivity contribution in [2.45, 2.75) is 26.3 Å². The largest absolute Gasteiger partial charge is 0.399 e. The van der Waals surface area contributed by atoms with Crippen LogP contribution in [0.3, 0.4) is 0 Å². The van der Waals surface area contributed by atoms with Gasteiger partial charge in [0.15, 0.2) is 5.76 Å². The first-order valence-corrected chi connectivity index (χ1v) is 6.30. The van der Waals surface area contributed by atoms with E-state index in [-0.39, 0.29) is 0 Å². The zero-order valence-corrected chi connectivity index (χ0v) is 11.0. The molecule has 5 heteroatoms. The molecule has 0 amide bonds. The molecule has 3 aromatic rings. The molecule has 0 radical (unpaired) electrons. The van der Waals surface area contributed by atoms with Crippen molar-refractivity contribution in [1.29, 1.82) is 0 Å². The minimum Gasteiger partial charge on any atom is -0.399 e. The lowest BCUT2D eigenvalue weighted by molar-refractivity contribution is 0.375. The minimum absolute atomic E-state index is 0.330. The van der Waals surface area contributed by atoms with Crippen molar-refractivity contribution in [1.82, 2.24) is 14.7 Å². The molecule has 0 saturated heterocycles. The van der Waals surface area contributed by atoms with Crippen LogP contribution in [0.1, 0.15) is 31.4 Å². The number of anilines is 1. The van der Waals surface area contributed by atoms with E-state index < -0.39 is 0 Å². The lowest BCUT2D eigenvalue weighted by Crippen LogP contribution is -2.06. The number of benzene rings is 1. The van der Waals surface area contributed by atoms with E-state index in [0.717, 1.165) is 28.3 Å². The standard InChI is InChI=1S/C14H16N4O/c1-9(2)14-17-12-7-10(15)3-4-13(12)18(14)8-11-5-6-16-19-11/h3-7,9H,8,15H2,1-2H3. The molecule has 2 aromatic heterocycles. The van der Waals surface area contributed by atoms with E-state index in [2.05, 4.69) is 28.6 Å². The Morgan fingerprint density at radius 3 is 2.84 bits per heavy atom. The zero-order chi connectivity index (χ0) is 13.4. The number of fused-ring (bicyclic) bond motifs is 1. The van der Waals surface area contributed by atoms with E-state index in [1.807, 2.05) is 24.3 Å². The number of aromatic nitrogens is 3. The SMILES string of the molecule is CC(C)c1nc2cc(N)ccc2n1Cc1ccno1. The van der Waals surface area contributed by atoms with Crippen LogP contribution in [-0.2, 0) is 6.54 Å². The second kappa shape index (κ2) is 4.42. The first kappa shape index (κ1) is 11.8. The lowest BCUT2D eigenvalue weighted by atomic mass is 10.2. The van der Waals surface area contributed by atoms with Crippen LogP contribution in [0.25, 0.3) is 11.0 Å². The molecule has 19 heavy (non-hydrogen) atoms. The molecule has 0 spiro atoms. The minimum atomic E-state index is 0.330. The molecule has 2 N–H and O–H groups in total. The maximum atomic E-state index is 5.82. The molecule has 0 unspecified atom stereocenters. The highest BCUT2D eigenvalue weighted by Gasteiger charge is 2.15. The van der Waals surface area contributed by atoms with Crippen LogP contribution >= 0.6 is 0 Å². The Labute approximate surface area is 111 Å². The van der Waals surface area contributed by atoms with Crippen molar-refractivity contribution < 1.29 is 4.52 Å². The number of hydrogen-bond acceptors (Lipinski definition) is 4. The van der Waals surface area contributed by atoms with E-state index in [1.165, 1.54) is 0 Å². The van der Waals surface area contributed by atoms with Crippen LogP contribution in [0.4, 0.5) is 5.69 Å². The Bertz CT molecular complexity index is 698. The zero-order valence-electron chi connectivity index (χ0n) is 11.0. The molecule has 0 atom stereocenters. The number of rotatable bonds is 3. The van der Waals surface area contributed by atoms with Gasteiger partial charge in [-0.2, -0.15) is 0 Å². The maximum Gasteiger partial charge on any atom is 0.156 e. The predicted molar refractivity (Wildman–Crippen MR) is 73.8 cm³/mol. The van der Waals surface area contributed by atoms with Crippen molar-refractivity contribution in [2.75, 3.05) is 5.73 Å². The van der Waals surface area contributed by atoms with Gasteiger partial charge in [-0.3, -0.25) is 0 Å². The third-order valence-corrected chi connectivity index (χ3v) is 3.12. The summed E-state index contributed by atoms with van der Waals surface area (Å²) in [6, 6.07) is 7.66. The molecule has 1 aromatic carbocycles. The topological polar surface area (TPSA) is 69.9 Å². The van der Waals surface area contributed by atoms with Gasteiger partial charge in [0.1, 0.15) is 5.82 Å². The van der Waals surface area contributed by atoms with Gasteiger partial charge in [-0.15, -0.1) is 0 Å². The van der Waals surface area contributed by atoms with Crippen LogP contribution in [0, 0.1) is 0 Å². The maximum absolute atomic E-state index is 5.82. The number of hydrogen-bond donors (Lipinski definition) is 1. The van der Waals surface area contributed by atoms with E-state index in [9.17, 15) is 0 Å². The van der Waals surface area contributed by atoms with Crippen LogP contribution in [0.2, 0.25) is 0 Å². The highest BCUT2D eigenvalue weighted by atomic mass is 16.5. The Kier molecular flexibility index (Phi) is 2.74. The number of imidazole rings is 1. The van der Waals surface area contributed by atoms with E-state index in [0.29, 0.717) is 12.5 Å². The highest BCUT2D eigenvalue weighted by molar-refractivity contribution is 5.79. The molecular formula is C14H16N4O. The Balaban J connectivity index is 2.16. The van der Waals surface area contributed by atoms with Gasteiger partial charge in [-0.25, -0.2) is 4.98 Å². The fraction of sp³-hybridized carbons (Fsp3) is 0.286. The molecule has 98 valence electrons. The Hall–Kier alpha value is -2.30. The quantitative estimate of drug-likeness (QED) is 0.731. The monoisotopic (exact) mass is 256 g/mol. The third kappa shape index (κ3) is 2.07. The van der Waals surface area contributed by atoms with Crippen molar-refractivity contribution in [3.05, 3.63) is 42.0 Å². The number of nitrogen functional groups attached to an aromatic ring is 1. The summed E-state index contributed by atoms with van der Waals surface area (Å²) in [6.07, 6.45) is 1.65. The van der Waals surface area contributed by atoms with Crippen LogP contribution < -0.4 is 5.73 Å². The molecule has 0 saturated carbocycles. The van der Waals surface area contributed by atoms with Crippen molar-refractivity contribution in [3.8, 4) is 0 Å². The summed E-state index contributed by atoms with van der Waals surface area (Å²) in [5.74, 6) is 2.17. The molecule has 0 aliphatic rings. The predicted octanol–water partition coefficient (Wildman–Crippen LogP) is 2.78. The van der Waals surface area contributed by atoms with Gasteiger partial charge in [0.25, 0.3) is 0 Å². The molecule has 0 aliphatic carbocycles. The summed E-state index contributed by atoms with van der Waals surface area (Å²) in [5.41, 5.74) is 8.53. The Morgan fingerprint density at radius 1 is 1.32 bits per heavy atom. The third-order valence-electron chi connectivity index (χ3n) is 3.12. The first-order valence-electron chi connectivity index (χ1n) is 6.30.